The first kappa shape index (κ1) is 22.7. The SMILES string of the molecule is CCc1ccc(NC(=O)COC(=O)[C@@H]2CC(=O)N(c3ccc([N+](=O)[O-])cc3OC)C2)cc1. The van der Waals surface area contributed by atoms with Gasteiger partial charge in [-0.25, -0.2) is 0 Å². The van der Waals surface area contributed by atoms with Gasteiger partial charge in [0, 0.05) is 24.7 Å². The van der Waals surface area contributed by atoms with Gasteiger partial charge in [-0.05, 0) is 30.2 Å². The lowest BCUT2D eigenvalue weighted by Gasteiger charge is -2.19. The molecule has 10 nitrogen and oxygen atoms in total. The van der Waals surface area contributed by atoms with Crippen LogP contribution in [0.4, 0.5) is 17.1 Å². The lowest BCUT2D eigenvalue weighted by atomic mass is 10.1. The molecular weight excluding hydrogens is 418 g/mol. The number of rotatable bonds is 8. The predicted molar refractivity (Wildman–Crippen MR) is 116 cm³/mol. The minimum atomic E-state index is -0.765. The van der Waals surface area contributed by atoms with Gasteiger partial charge in [0.1, 0.15) is 5.75 Å². The summed E-state index contributed by atoms with van der Waals surface area (Å²) in [6.45, 7) is 1.57. The first-order chi connectivity index (χ1) is 15.3. The average Bonchev–Trinajstić information content (AvgIpc) is 3.18. The third-order valence-electron chi connectivity index (χ3n) is 5.11. The van der Waals surface area contributed by atoms with E-state index in [4.69, 9.17) is 9.47 Å². The zero-order chi connectivity index (χ0) is 23.3. The molecule has 32 heavy (non-hydrogen) atoms. The monoisotopic (exact) mass is 441 g/mol. The maximum Gasteiger partial charge on any atom is 0.311 e. The molecule has 1 atom stereocenters. The molecule has 1 N–H and O–H groups in total. The molecule has 168 valence electrons. The van der Waals surface area contributed by atoms with Crippen molar-refractivity contribution in [1.29, 1.82) is 0 Å². The standard InChI is InChI=1S/C22H23N3O7/c1-3-14-4-6-16(7-5-14)23-20(26)13-32-22(28)15-10-21(27)24(12-15)18-9-8-17(25(29)30)11-19(18)31-2/h4-9,11,15H,3,10,12-13H2,1-2H3,(H,23,26)/t15-/m1/s1. The molecule has 10 heteroatoms. The number of aryl methyl sites for hydroxylation is 1. The van der Waals surface area contributed by atoms with Crippen molar-refractivity contribution in [3.05, 3.63) is 58.1 Å². The van der Waals surface area contributed by atoms with E-state index >= 15 is 0 Å². The minimum Gasteiger partial charge on any atom is -0.494 e. The van der Waals surface area contributed by atoms with Crippen LogP contribution in [0.2, 0.25) is 0 Å². The van der Waals surface area contributed by atoms with Gasteiger partial charge < -0.3 is 19.7 Å². The van der Waals surface area contributed by atoms with Gasteiger partial charge in [0.25, 0.3) is 11.6 Å². The number of carbonyl (C=O) groups is 3. The van der Waals surface area contributed by atoms with E-state index in [1.54, 1.807) is 12.1 Å². The number of hydrogen-bond donors (Lipinski definition) is 1. The van der Waals surface area contributed by atoms with Crippen molar-refractivity contribution >= 4 is 34.8 Å². The maximum absolute atomic E-state index is 12.5. The second kappa shape index (κ2) is 9.90. The summed E-state index contributed by atoms with van der Waals surface area (Å²) in [5.74, 6) is -2.12. The Morgan fingerprint density at radius 2 is 1.94 bits per heavy atom. The van der Waals surface area contributed by atoms with E-state index in [9.17, 15) is 24.5 Å². The second-order valence-electron chi connectivity index (χ2n) is 7.23. The number of nitrogens with zero attached hydrogens (tertiary/aromatic N) is 2. The number of amides is 2. The molecule has 0 aliphatic carbocycles. The molecule has 2 aromatic carbocycles. The number of nitrogens with one attached hydrogen (secondary N) is 1. The summed E-state index contributed by atoms with van der Waals surface area (Å²) in [4.78, 5) is 48.6. The number of carbonyl (C=O) groups excluding carboxylic acids is 3. The summed E-state index contributed by atoms with van der Waals surface area (Å²) in [6, 6.07) is 11.2. The van der Waals surface area contributed by atoms with Gasteiger partial charge in [0.15, 0.2) is 6.61 Å². The number of benzene rings is 2. The van der Waals surface area contributed by atoms with Crippen LogP contribution in [-0.2, 0) is 25.5 Å². The molecule has 3 rings (SSSR count). The molecule has 0 aromatic heterocycles. The summed E-state index contributed by atoms with van der Waals surface area (Å²) in [5.41, 5.74) is 1.88. The van der Waals surface area contributed by atoms with Crippen molar-refractivity contribution in [2.75, 3.05) is 30.5 Å². The highest BCUT2D eigenvalue weighted by Crippen LogP contribution is 2.35. The van der Waals surface area contributed by atoms with Crippen molar-refractivity contribution in [2.24, 2.45) is 5.92 Å². The Morgan fingerprint density at radius 1 is 1.22 bits per heavy atom. The molecule has 0 saturated carbocycles. The van der Waals surface area contributed by atoms with Crippen molar-refractivity contribution in [3.8, 4) is 5.75 Å². The van der Waals surface area contributed by atoms with Gasteiger partial charge in [-0.1, -0.05) is 19.1 Å². The largest absolute Gasteiger partial charge is 0.494 e. The summed E-state index contributed by atoms with van der Waals surface area (Å²) in [6.07, 6.45) is 0.786. The molecule has 1 aliphatic heterocycles. The van der Waals surface area contributed by atoms with Crippen molar-refractivity contribution in [2.45, 2.75) is 19.8 Å². The lowest BCUT2D eigenvalue weighted by molar-refractivity contribution is -0.384. The molecule has 0 bridgehead atoms. The van der Waals surface area contributed by atoms with Crippen LogP contribution in [0.25, 0.3) is 0 Å². The van der Waals surface area contributed by atoms with Crippen LogP contribution in [0, 0.1) is 16.0 Å². The third-order valence-corrected chi connectivity index (χ3v) is 5.11. The minimum absolute atomic E-state index is 0.0198. The molecule has 0 unspecified atom stereocenters. The van der Waals surface area contributed by atoms with E-state index in [1.807, 2.05) is 19.1 Å². The zero-order valence-corrected chi connectivity index (χ0v) is 17.7. The Hall–Kier alpha value is -3.95. The van der Waals surface area contributed by atoms with E-state index in [0.29, 0.717) is 11.4 Å². The molecule has 1 heterocycles. The number of methoxy groups -OCH3 is 1. The van der Waals surface area contributed by atoms with Crippen LogP contribution >= 0.6 is 0 Å². The number of non-ortho nitro benzene ring substituents is 1. The molecular formula is C22H23N3O7. The Morgan fingerprint density at radius 3 is 2.56 bits per heavy atom. The normalized spacial score (nSPS) is 15.4. The molecule has 1 aliphatic rings. The first-order valence-electron chi connectivity index (χ1n) is 10.0. The molecule has 0 spiro atoms. The predicted octanol–water partition coefficient (Wildman–Crippen LogP) is 2.70. The van der Waals surface area contributed by atoms with Gasteiger partial charge in [0.05, 0.1) is 29.7 Å². The Balaban J connectivity index is 1.58. The first-order valence-corrected chi connectivity index (χ1v) is 10.0. The van der Waals surface area contributed by atoms with E-state index in [2.05, 4.69) is 5.32 Å². The molecule has 2 amide bonds. The Kier molecular flexibility index (Phi) is 7.04. The van der Waals surface area contributed by atoms with Gasteiger partial charge >= 0.3 is 5.97 Å². The number of anilines is 2. The molecule has 0 radical (unpaired) electrons. The lowest BCUT2D eigenvalue weighted by Crippen LogP contribution is -2.28. The molecule has 2 aromatic rings. The smallest absolute Gasteiger partial charge is 0.311 e. The summed E-state index contributed by atoms with van der Waals surface area (Å²) < 4.78 is 10.3. The van der Waals surface area contributed by atoms with Crippen LogP contribution in [0.5, 0.6) is 5.75 Å². The summed E-state index contributed by atoms with van der Waals surface area (Å²) in [7, 11) is 1.34. The fourth-order valence-electron chi connectivity index (χ4n) is 3.38. The van der Waals surface area contributed by atoms with Crippen molar-refractivity contribution < 1.29 is 28.8 Å². The highest BCUT2D eigenvalue weighted by Gasteiger charge is 2.37. The van der Waals surface area contributed by atoms with E-state index < -0.39 is 29.3 Å². The van der Waals surface area contributed by atoms with E-state index in [0.717, 1.165) is 12.0 Å². The topological polar surface area (TPSA) is 128 Å². The van der Waals surface area contributed by atoms with Crippen molar-refractivity contribution in [1.82, 2.24) is 0 Å². The quantitative estimate of drug-likeness (QED) is 0.379. The Labute approximate surface area is 184 Å². The number of nitro groups is 1. The number of nitro benzene ring substituents is 1. The van der Waals surface area contributed by atoms with Crippen LogP contribution in [0.1, 0.15) is 18.9 Å². The van der Waals surface area contributed by atoms with Gasteiger partial charge in [-0.3, -0.25) is 24.5 Å². The summed E-state index contributed by atoms with van der Waals surface area (Å²) >= 11 is 0. The van der Waals surface area contributed by atoms with E-state index in [-0.39, 0.29) is 30.3 Å². The van der Waals surface area contributed by atoms with Crippen LogP contribution in [0.15, 0.2) is 42.5 Å². The van der Waals surface area contributed by atoms with Gasteiger partial charge in [-0.2, -0.15) is 0 Å². The third kappa shape index (κ3) is 5.20. The van der Waals surface area contributed by atoms with Gasteiger partial charge in [0.2, 0.25) is 5.91 Å². The number of esters is 1. The molecule has 1 saturated heterocycles. The number of hydrogen-bond acceptors (Lipinski definition) is 7. The maximum atomic E-state index is 12.5. The fourth-order valence-corrected chi connectivity index (χ4v) is 3.38. The van der Waals surface area contributed by atoms with E-state index in [1.165, 1.54) is 30.2 Å². The Bertz CT molecular complexity index is 1040. The van der Waals surface area contributed by atoms with Gasteiger partial charge in [-0.15, -0.1) is 0 Å². The fraction of sp³-hybridized carbons (Fsp3) is 0.318. The second-order valence-corrected chi connectivity index (χ2v) is 7.23. The molecule has 1 fully saturated rings. The highest BCUT2D eigenvalue weighted by molar-refractivity contribution is 6.01. The number of ether oxygens (including phenoxy) is 2. The van der Waals surface area contributed by atoms with Crippen LogP contribution in [-0.4, -0.2) is 43.0 Å². The van der Waals surface area contributed by atoms with Crippen LogP contribution in [0.3, 0.4) is 0 Å². The summed E-state index contributed by atoms with van der Waals surface area (Å²) in [5, 5.41) is 13.6. The zero-order valence-electron chi connectivity index (χ0n) is 17.7. The van der Waals surface area contributed by atoms with Crippen LogP contribution < -0.4 is 15.0 Å². The van der Waals surface area contributed by atoms with Crippen molar-refractivity contribution in [3.63, 3.8) is 0 Å². The highest BCUT2D eigenvalue weighted by atomic mass is 16.6. The average molecular weight is 441 g/mol.